The Kier molecular flexibility index (Phi) is 7.38. The van der Waals surface area contributed by atoms with Gasteiger partial charge in [-0.1, -0.05) is 43.8 Å². The Morgan fingerprint density at radius 1 is 1.06 bits per heavy atom. The summed E-state index contributed by atoms with van der Waals surface area (Å²) in [6.07, 6.45) is -0.263. The first-order chi connectivity index (χ1) is 14.7. The zero-order valence-corrected chi connectivity index (χ0v) is 19.8. The summed E-state index contributed by atoms with van der Waals surface area (Å²) in [6.45, 7) is 10.3. The number of ether oxygens (including phenoxy) is 1. The number of amides is 1. The first kappa shape index (κ1) is 22.9. The van der Waals surface area contributed by atoms with Crippen molar-refractivity contribution in [3.8, 4) is 5.75 Å². The monoisotopic (exact) mass is 438 g/mol. The third-order valence-electron chi connectivity index (χ3n) is 4.93. The average Bonchev–Trinajstić information content (AvgIpc) is 3.06. The summed E-state index contributed by atoms with van der Waals surface area (Å²) < 4.78 is 7.95. The number of hydrogen-bond donors (Lipinski definition) is 1. The van der Waals surface area contributed by atoms with E-state index in [1.54, 1.807) is 0 Å². The SMILES string of the molecule is Cc1cc(C)cc(OC(C)c2nnc(SCC(=O)Nc3ccc(C(C)C)cc3)n2C)c1. The summed E-state index contributed by atoms with van der Waals surface area (Å²) in [6, 6.07) is 14.1. The zero-order chi connectivity index (χ0) is 22.5. The van der Waals surface area contributed by atoms with Crippen LogP contribution in [0.15, 0.2) is 47.6 Å². The van der Waals surface area contributed by atoms with Gasteiger partial charge in [-0.2, -0.15) is 0 Å². The molecular weight excluding hydrogens is 408 g/mol. The number of hydrogen-bond acceptors (Lipinski definition) is 5. The normalized spacial score (nSPS) is 12.1. The molecule has 1 N–H and O–H groups in total. The van der Waals surface area contributed by atoms with Gasteiger partial charge in [0.25, 0.3) is 0 Å². The minimum Gasteiger partial charge on any atom is -0.483 e. The fourth-order valence-electron chi connectivity index (χ4n) is 3.34. The van der Waals surface area contributed by atoms with Gasteiger partial charge in [0.1, 0.15) is 5.75 Å². The predicted molar refractivity (Wildman–Crippen MR) is 126 cm³/mol. The number of nitrogens with zero attached hydrogens (tertiary/aromatic N) is 3. The van der Waals surface area contributed by atoms with Crippen LogP contribution < -0.4 is 10.1 Å². The van der Waals surface area contributed by atoms with E-state index in [0.717, 1.165) is 22.6 Å². The number of carbonyl (C=O) groups is 1. The van der Waals surface area contributed by atoms with Crippen LogP contribution in [0.4, 0.5) is 5.69 Å². The Balaban J connectivity index is 1.57. The number of anilines is 1. The largest absolute Gasteiger partial charge is 0.483 e. The van der Waals surface area contributed by atoms with Crippen molar-refractivity contribution < 1.29 is 9.53 Å². The molecule has 0 bridgehead atoms. The van der Waals surface area contributed by atoms with Crippen LogP contribution in [0, 0.1) is 13.8 Å². The van der Waals surface area contributed by atoms with Crippen molar-refractivity contribution in [2.45, 2.75) is 51.8 Å². The van der Waals surface area contributed by atoms with E-state index in [2.05, 4.69) is 35.4 Å². The predicted octanol–water partition coefficient (Wildman–Crippen LogP) is 5.43. The fourth-order valence-corrected chi connectivity index (χ4v) is 4.06. The molecule has 0 saturated carbocycles. The van der Waals surface area contributed by atoms with Crippen molar-refractivity contribution in [1.82, 2.24) is 14.8 Å². The van der Waals surface area contributed by atoms with Crippen LogP contribution in [-0.4, -0.2) is 26.4 Å². The summed E-state index contributed by atoms with van der Waals surface area (Å²) in [4.78, 5) is 12.3. The summed E-state index contributed by atoms with van der Waals surface area (Å²) >= 11 is 1.35. The maximum Gasteiger partial charge on any atom is 0.234 e. The van der Waals surface area contributed by atoms with Gasteiger partial charge in [0.15, 0.2) is 17.1 Å². The molecule has 6 nitrogen and oxygen atoms in total. The molecular formula is C24H30N4O2S. The van der Waals surface area contributed by atoms with Crippen molar-refractivity contribution in [2.75, 3.05) is 11.1 Å². The molecule has 3 rings (SSSR count). The van der Waals surface area contributed by atoms with Crippen LogP contribution in [-0.2, 0) is 11.8 Å². The molecule has 0 aliphatic heterocycles. The summed E-state index contributed by atoms with van der Waals surface area (Å²) in [5.74, 6) is 2.17. The maximum absolute atomic E-state index is 12.3. The molecule has 0 aliphatic rings. The second kappa shape index (κ2) is 10.0. The van der Waals surface area contributed by atoms with Gasteiger partial charge in [0.2, 0.25) is 5.91 Å². The van der Waals surface area contributed by atoms with Gasteiger partial charge in [-0.3, -0.25) is 4.79 Å². The molecule has 31 heavy (non-hydrogen) atoms. The third kappa shape index (κ3) is 6.10. The highest BCUT2D eigenvalue weighted by molar-refractivity contribution is 7.99. The summed E-state index contributed by atoms with van der Waals surface area (Å²) in [5.41, 5.74) is 4.35. The number of nitrogens with one attached hydrogen (secondary N) is 1. The Morgan fingerprint density at radius 3 is 2.32 bits per heavy atom. The zero-order valence-electron chi connectivity index (χ0n) is 19.0. The summed E-state index contributed by atoms with van der Waals surface area (Å²) in [7, 11) is 1.89. The van der Waals surface area contributed by atoms with Crippen molar-refractivity contribution in [2.24, 2.45) is 7.05 Å². The number of rotatable bonds is 8. The highest BCUT2D eigenvalue weighted by atomic mass is 32.2. The molecule has 3 aromatic rings. The van der Waals surface area contributed by atoms with E-state index >= 15 is 0 Å². The Labute approximate surface area is 188 Å². The second-order valence-electron chi connectivity index (χ2n) is 8.10. The van der Waals surface area contributed by atoms with Crippen molar-refractivity contribution in [1.29, 1.82) is 0 Å². The fraction of sp³-hybridized carbons (Fsp3) is 0.375. The quantitative estimate of drug-likeness (QED) is 0.475. The first-order valence-corrected chi connectivity index (χ1v) is 11.4. The van der Waals surface area contributed by atoms with E-state index in [1.165, 1.54) is 17.3 Å². The third-order valence-corrected chi connectivity index (χ3v) is 5.95. The number of carbonyl (C=O) groups excluding carboxylic acids is 1. The first-order valence-electron chi connectivity index (χ1n) is 10.4. The van der Waals surface area contributed by atoms with Crippen LogP contribution >= 0.6 is 11.8 Å². The van der Waals surface area contributed by atoms with E-state index in [0.29, 0.717) is 16.9 Å². The highest BCUT2D eigenvalue weighted by Gasteiger charge is 2.18. The van der Waals surface area contributed by atoms with Crippen LogP contribution in [0.2, 0.25) is 0 Å². The molecule has 2 aromatic carbocycles. The van der Waals surface area contributed by atoms with Gasteiger partial charge in [-0.15, -0.1) is 10.2 Å². The van der Waals surface area contributed by atoms with E-state index in [1.807, 2.05) is 68.8 Å². The number of thioether (sulfide) groups is 1. The molecule has 1 unspecified atom stereocenters. The smallest absolute Gasteiger partial charge is 0.234 e. The molecule has 0 radical (unpaired) electrons. The van der Waals surface area contributed by atoms with Crippen molar-refractivity contribution >= 4 is 23.4 Å². The standard InChI is InChI=1S/C24H30N4O2S/c1-15(2)19-7-9-20(10-8-19)25-22(29)14-31-24-27-26-23(28(24)6)18(5)30-21-12-16(3)11-17(4)13-21/h7-13,15,18H,14H2,1-6H3,(H,25,29). The molecule has 1 aromatic heterocycles. The Hall–Kier alpha value is -2.80. The molecule has 164 valence electrons. The lowest BCUT2D eigenvalue weighted by atomic mass is 10.0. The lowest BCUT2D eigenvalue weighted by Gasteiger charge is -2.15. The minimum atomic E-state index is -0.263. The van der Waals surface area contributed by atoms with Gasteiger partial charge in [0, 0.05) is 12.7 Å². The van der Waals surface area contributed by atoms with E-state index in [9.17, 15) is 4.79 Å². The Bertz CT molecular complexity index is 1020. The molecule has 0 aliphatic carbocycles. The number of benzene rings is 2. The highest BCUT2D eigenvalue weighted by Crippen LogP contribution is 2.25. The summed E-state index contributed by atoms with van der Waals surface area (Å²) in [5, 5.41) is 12.1. The number of aromatic nitrogens is 3. The van der Waals surface area contributed by atoms with Gasteiger partial charge in [-0.05, 0) is 67.6 Å². The average molecular weight is 439 g/mol. The number of aryl methyl sites for hydroxylation is 2. The van der Waals surface area contributed by atoms with Crippen molar-refractivity contribution in [3.05, 3.63) is 65.0 Å². The van der Waals surface area contributed by atoms with E-state index < -0.39 is 0 Å². The molecule has 1 amide bonds. The van der Waals surface area contributed by atoms with E-state index in [-0.39, 0.29) is 17.8 Å². The molecule has 0 saturated heterocycles. The topological polar surface area (TPSA) is 69.0 Å². The van der Waals surface area contributed by atoms with Crippen LogP contribution in [0.5, 0.6) is 5.75 Å². The molecule has 0 spiro atoms. The Morgan fingerprint density at radius 2 is 1.71 bits per heavy atom. The van der Waals surface area contributed by atoms with Gasteiger partial charge >= 0.3 is 0 Å². The minimum absolute atomic E-state index is 0.0774. The molecule has 7 heteroatoms. The lowest BCUT2D eigenvalue weighted by molar-refractivity contribution is -0.113. The van der Waals surface area contributed by atoms with Gasteiger partial charge in [0.05, 0.1) is 5.75 Å². The van der Waals surface area contributed by atoms with E-state index in [4.69, 9.17) is 4.74 Å². The van der Waals surface area contributed by atoms with Crippen LogP contribution in [0.1, 0.15) is 55.3 Å². The van der Waals surface area contributed by atoms with Gasteiger partial charge < -0.3 is 14.6 Å². The molecule has 0 fully saturated rings. The van der Waals surface area contributed by atoms with Crippen LogP contribution in [0.3, 0.4) is 0 Å². The second-order valence-corrected chi connectivity index (χ2v) is 9.04. The molecule has 1 heterocycles. The lowest BCUT2D eigenvalue weighted by Crippen LogP contribution is -2.15. The van der Waals surface area contributed by atoms with Crippen molar-refractivity contribution in [3.63, 3.8) is 0 Å². The van der Waals surface area contributed by atoms with Crippen LogP contribution in [0.25, 0.3) is 0 Å². The molecule has 1 atom stereocenters. The van der Waals surface area contributed by atoms with Gasteiger partial charge in [-0.25, -0.2) is 0 Å². The maximum atomic E-state index is 12.3.